The van der Waals surface area contributed by atoms with Gasteiger partial charge in [-0.25, -0.2) is 4.98 Å². The number of nitrogens with one attached hydrogen (secondary N) is 3. The van der Waals surface area contributed by atoms with Crippen molar-refractivity contribution in [3.8, 4) is 0 Å². The first-order valence-electron chi connectivity index (χ1n) is 10.2. The lowest BCUT2D eigenvalue weighted by atomic mass is 9.95. The van der Waals surface area contributed by atoms with E-state index in [9.17, 15) is 22.4 Å². The fourth-order valence-electron chi connectivity index (χ4n) is 3.21. The van der Waals surface area contributed by atoms with Crippen molar-refractivity contribution in [3.05, 3.63) is 11.8 Å². The van der Waals surface area contributed by atoms with Gasteiger partial charge in [0.25, 0.3) is 5.91 Å². The number of hydrogen-bond acceptors (Lipinski definition) is 7. The van der Waals surface area contributed by atoms with Gasteiger partial charge in [0.1, 0.15) is 11.4 Å². The molecule has 2 rings (SSSR count). The van der Waals surface area contributed by atoms with Crippen LogP contribution >= 0.6 is 0 Å². The van der Waals surface area contributed by atoms with Gasteiger partial charge >= 0.3 is 13.2 Å². The first kappa shape index (κ1) is 25.1. The van der Waals surface area contributed by atoms with E-state index in [1.807, 2.05) is 0 Å². The van der Waals surface area contributed by atoms with Crippen LogP contribution in [0.25, 0.3) is 0 Å². The highest BCUT2D eigenvalue weighted by Crippen LogP contribution is 2.23. The molecule has 0 aliphatic heterocycles. The van der Waals surface area contributed by atoms with Crippen molar-refractivity contribution >= 4 is 17.7 Å². The van der Waals surface area contributed by atoms with Crippen LogP contribution in [0, 0.1) is 0 Å². The number of carbonyl (C=O) groups excluding carboxylic acids is 1. The van der Waals surface area contributed by atoms with Crippen molar-refractivity contribution in [3.63, 3.8) is 0 Å². The minimum atomic E-state index is -2.92. The number of anilines is 2. The van der Waals surface area contributed by atoms with Gasteiger partial charge in [0.2, 0.25) is 5.95 Å². The molecule has 1 aromatic heterocycles. The van der Waals surface area contributed by atoms with Gasteiger partial charge in [0.15, 0.2) is 0 Å². The van der Waals surface area contributed by atoms with Crippen molar-refractivity contribution in [1.82, 2.24) is 15.3 Å². The molecule has 1 aliphatic rings. The molecule has 1 aromatic rings. The molecule has 1 saturated carbocycles. The highest BCUT2D eigenvalue weighted by atomic mass is 19.3. The number of alkyl halides is 4. The molecule has 0 saturated heterocycles. The zero-order valence-electron chi connectivity index (χ0n) is 17.5. The SMILES string of the molecule is C[C@@H](COC(F)F)NC(=O)c1cnc(N[C@@H](C)COC(F)F)nc1NC1CCCCC1. The standard InChI is InChI=1S/C19H29F4N5O3/c1-11(9-30-17(20)21)25-16(29)14-8-24-19(26-12(2)10-31-18(22)23)28-15(14)27-13-6-4-3-5-7-13/h8,11-13,17-18H,3-7,9-10H2,1-2H3,(H,25,29)(H2,24,26,27,28)/t11-,12-/m0/s1. The third-order valence-corrected chi connectivity index (χ3v) is 4.68. The number of ether oxygens (including phenoxy) is 2. The summed E-state index contributed by atoms with van der Waals surface area (Å²) >= 11 is 0. The summed E-state index contributed by atoms with van der Waals surface area (Å²) in [7, 11) is 0. The molecule has 0 radical (unpaired) electrons. The molecule has 0 aromatic carbocycles. The van der Waals surface area contributed by atoms with Crippen molar-refractivity contribution < 1.29 is 31.8 Å². The van der Waals surface area contributed by atoms with Crippen LogP contribution in [0.3, 0.4) is 0 Å². The second-order valence-electron chi connectivity index (χ2n) is 7.54. The molecular weight excluding hydrogens is 422 g/mol. The van der Waals surface area contributed by atoms with Crippen LogP contribution in [0.5, 0.6) is 0 Å². The second kappa shape index (κ2) is 12.6. The summed E-state index contributed by atoms with van der Waals surface area (Å²) in [4.78, 5) is 21.1. The van der Waals surface area contributed by atoms with Gasteiger partial charge in [-0.3, -0.25) is 4.79 Å². The Morgan fingerprint density at radius 3 is 2.29 bits per heavy atom. The van der Waals surface area contributed by atoms with Gasteiger partial charge in [-0.15, -0.1) is 0 Å². The topological polar surface area (TPSA) is 97.4 Å². The zero-order chi connectivity index (χ0) is 22.8. The summed E-state index contributed by atoms with van der Waals surface area (Å²) < 4.78 is 57.3. The van der Waals surface area contributed by atoms with Gasteiger partial charge in [-0.1, -0.05) is 19.3 Å². The van der Waals surface area contributed by atoms with E-state index in [1.165, 1.54) is 13.1 Å². The molecule has 12 heteroatoms. The minimum absolute atomic E-state index is 0.127. The maximum atomic E-state index is 12.7. The third kappa shape index (κ3) is 9.21. The van der Waals surface area contributed by atoms with Crippen molar-refractivity contribution in [2.24, 2.45) is 0 Å². The Morgan fingerprint density at radius 2 is 1.68 bits per heavy atom. The molecule has 3 N–H and O–H groups in total. The Labute approximate surface area is 178 Å². The minimum Gasteiger partial charge on any atom is -0.367 e. The van der Waals surface area contributed by atoms with Gasteiger partial charge < -0.3 is 25.4 Å². The first-order chi connectivity index (χ1) is 14.7. The fraction of sp³-hybridized carbons (Fsp3) is 0.737. The normalized spacial score (nSPS) is 16.9. The number of aromatic nitrogens is 2. The molecule has 31 heavy (non-hydrogen) atoms. The van der Waals surface area contributed by atoms with Crippen LogP contribution < -0.4 is 16.0 Å². The summed E-state index contributed by atoms with van der Waals surface area (Å²) in [6, 6.07) is -1.03. The average Bonchev–Trinajstić information content (AvgIpc) is 2.71. The molecule has 8 nitrogen and oxygen atoms in total. The Bertz CT molecular complexity index is 693. The van der Waals surface area contributed by atoms with Gasteiger partial charge in [0.05, 0.1) is 13.2 Å². The number of hydrogen-bond donors (Lipinski definition) is 3. The summed E-state index contributed by atoms with van der Waals surface area (Å²) in [5, 5.41) is 8.70. The van der Waals surface area contributed by atoms with E-state index in [-0.39, 0.29) is 36.6 Å². The lowest BCUT2D eigenvalue weighted by Gasteiger charge is -2.25. The third-order valence-electron chi connectivity index (χ3n) is 4.68. The average molecular weight is 451 g/mol. The maximum absolute atomic E-state index is 12.7. The molecule has 1 amide bonds. The molecule has 0 bridgehead atoms. The Hall–Kier alpha value is -2.21. The lowest BCUT2D eigenvalue weighted by Crippen LogP contribution is -2.37. The number of halogens is 4. The Balaban J connectivity index is 2.11. The van der Waals surface area contributed by atoms with E-state index >= 15 is 0 Å². The van der Waals surface area contributed by atoms with Crippen molar-refractivity contribution in [2.45, 2.75) is 77.3 Å². The maximum Gasteiger partial charge on any atom is 0.345 e. The summed E-state index contributed by atoms with van der Waals surface area (Å²) in [6.45, 7) is -3.24. The predicted octanol–water partition coefficient (Wildman–Crippen LogP) is 3.62. The summed E-state index contributed by atoms with van der Waals surface area (Å²) in [5.74, 6) is -0.107. The monoisotopic (exact) mass is 451 g/mol. The molecular formula is C19H29F4N5O3. The zero-order valence-corrected chi connectivity index (χ0v) is 17.5. The first-order valence-corrected chi connectivity index (χ1v) is 10.2. The lowest BCUT2D eigenvalue weighted by molar-refractivity contribution is -0.132. The van der Waals surface area contributed by atoms with E-state index in [0.29, 0.717) is 0 Å². The van der Waals surface area contributed by atoms with Crippen LogP contribution in [0.1, 0.15) is 56.3 Å². The van der Waals surface area contributed by atoms with Crippen molar-refractivity contribution in [1.29, 1.82) is 0 Å². The van der Waals surface area contributed by atoms with E-state index in [1.54, 1.807) is 6.92 Å². The fourth-order valence-corrected chi connectivity index (χ4v) is 3.21. The largest absolute Gasteiger partial charge is 0.367 e. The molecule has 1 aliphatic carbocycles. The Kier molecular flexibility index (Phi) is 10.2. The summed E-state index contributed by atoms with van der Waals surface area (Å²) in [5.41, 5.74) is 0.150. The molecule has 1 heterocycles. The van der Waals surface area contributed by atoms with Crippen LogP contribution in [0.15, 0.2) is 6.20 Å². The van der Waals surface area contributed by atoms with Gasteiger partial charge in [-0.2, -0.15) is 22.5 Å². The van der Waals surface area contributed by atoms with Crippen LogP contribution in [-0.2, 0) is 9.47 Å². The molecule has 1 fully saturated rings. The molecule has 176 valence electrons. The molecule has 0 unspecified atom stereocenters. The van der Waals surface area contributed by atoms with Gasteiger partial charge in [0, 0.05) is 24.3 Å². The van der Waals surface area contributed by atoms with E-state index < -0.39 is 31.2 Å². The quantitative estimate of drug-likeness (QED) is 0.418. The molecule has 0 spiro atoms. The highest BCUT2D eigenvalue weighted by molar-refractivity contribution is 5.98. The van der Waals surface area contributed by atoms with E-state index in [2.05, 4.69) is 35.4 Å². The van der Waals surface area contributed by atoms with Crippen LogP contribution in [0.4, 0.5) is 29.3 Å². The van der Waals surface area contributed by atoms with Gasteiger partial charge in [-0.05, 0) is 26.7 Å². The second-order valence-corrected chi connectivity index (χ2v) is 7.54. The number of amides is 1. The number of rotatable bonds is 12. The number of nitrogens with zero attached hydrogens (tertiary/aromatic N) is 2. The van der Waals surface area contributed by atoms with E-state index in [4.69, 9.17) is 0 Å². The molecule has 2 atom stereocenters. The van der Waals surface area contributed by atoms with Crippen LogP contribution in [-0.4, -0.2) is 60.4 Å². The Morgan fingerprint density at radius 1 is 1.06 bits per heavy atom. The number of carbonyl (C=O) groups is 1. The van der Waals surface area contributed by atoms with E-state index in [0.717, 1.165) is 32.1 Å². The van der Waals surface area contributed by atoms with Crippen molar-refractivity contribution in [2.75, 3.05) is 23.8 Å². The van der Waals surface area contributed by atoms with Crippen LogP contribution in [0.2, 0.25) is 0 Å². The summed E-state index contributed by atoms with van der Waals surface area (Å²) in [6.07, 6.45) is 6.40. The smallest absolute Gasteiger partial charge is 0.345 e. The predicted molar refractivity (Wildman–Crippen MR) is 106 cm³/mol. The highest BCUT2D eigenvalue weighted by Gasteiger charge is 2.21.